The number of rotatable bonds is 3. The van der Waals surface area contributed by atoms with Crippen LogP contribution in [0.4, 0.5) is 0 Å². The third-order valence-corrected chi connectivity index (χ3v) is 4.59. The van der Waals surface area contributed by atoms with E-state index in [9.17, 15) is 4.79 Å². The van der Waals surface area contributed by atoms with Crippen LogP contribution in [0.1, 0.15) is 40.6 Å². The smallest absolute Gasteiger partial charge is 0.259 e. The molecule has 7 heteroatoms. The molecule has 2 aromatic heterocycles. The molecule has 0 N–H and O–H groups in total. The zero-order valence-electron chi connectivity index (χ0n) is 14.1. The second-order valence-electron chi connectivity index (χ2n) is 5.99. The lowest BCUT2D eigenvalue weighted by atomic mass is 10.1. The third kappa shape index (κ3) is 2.76. The number of piperazine rings is 1. The minimum atomic E-state index is -0.00351. The molecule has 1 amide bonds. The molecule has 3 heterocycles. The van der Waals surface area contributed by atoms with Gasteiger partial charge >= 0.3 is 0 Å². The second kappa shape index (κ2) is 6.16. The van der Waals surface area contributed by atoms with Crippen molar-refractivity contribution >= 4 is 5.91 Å². The molecule has 1 aliphatic rings. The number of aryl methyl sites for hydroxylation is 3. The molecule has 0 aromatic carbocycles. The van der Waals surface area contributed by atoms with E-state index in [1.54, 1.807) is 13.1 Å². The van der Waals surface area contributed by atoms with E-state index < -0.39 is 0 Å². The van der Waals surface area contributed by atoms with E-state index in [0.29, 0.717) is 30.1 Å². The second-order valence-corrected chi connectivity index (χ2v) is 5.99. The molecule has 0 saturated carbocycles. The van der Waals surface area contributed by atoms with Gasteiger partial charge in [-0.2, -0.15) is 0 Å². The van der Waals surface area contributed by atoms with Crippen molar-refractivity contribution in [1.82, 2.24) is 24.5 Å². The van der Waals surface area contributed by atoms with Crippen LogP contribution < -0.4 is 0 Å². The molecule has 0 bridgehead atoms. The van der Waals surface area contributed by atoms with Crippen molar-refractivity contribution < 1.29 is 9.32 Å². The van der Waals surface area contributed by atoms with Gasteiger partial charge in [-0.05, 0) is 20.4 Å². The third-order valence-electron chi connectivity index (χ3n) is 4.59. The minimum Gasteiger partial charge on any atom is -0.361 e. The van der Waals surface area contributed by atoms with Crippen molar-refractivity contribution in [2.24, 2.45) is 7.05 Å². The van der Waals surface area contributed by atoms with E-state index in [1.165, 1.54) is 0 Å². The van der Waals surface area contributed by atoms with Crippen molar-refractivity contribution in [3.05, 3.63) is 35.2 Å². The first kappa shape index (κ1) is 15.7. The fraction of sp³-hybridized carbons (Fsp3) is 0.562. The van der Waals surface area contributed by atoms with Gasteiger partial charge in [0.2, 0.25) is 0 Å². The van der Waals surface area contributed by atoms with Crippen LogP contribution in [0.15, 0.2) is 16.9 Å². The summed E-state index contributed by atoms with van der Waals surface area (Å²) in [6, 6.07) is 0.109. The van der Waals surface area contributed by atoms with Gasteiger partial charge in [0.25, 0.3) is 5.91 Å². The summed E-state index contributed by atoms with van der Waals surface area (Å²) in [5.41, 5.74) is 1.24. The van der Waals surface area contributed by atoms with Crippen LogP contribution in [0.5, 0.6) is 0 Å². The molecule has 23 heavy (non-hydrogen) atoms. The summed E-state index contributed by atoms with van der Waals surface area (Å²) >= 11 is 0. The predicted octanol–water partition coefficient (Wildman–Crippen LogP) is 1.54. The molecule has 0 radical (unpaired) electrons. The monoisotopic (exact) mass is 317 g/mol. The summed E-state index contributed by atoms with van der Waals surface area (Å²) in [4.78, 5) is 21.6. The van der Waals surface area contributed by atoms with Crippen molar-refractivity contribution in [2.45, 2.75) is 26.8 Å². The number of amides is 1. The Bertz CT molecular complexity index is 686. The molecule has 1 aliphatic heterocycles. The molecule has 124 valence electrons. The number of aromatic nitrogens is 3. The van der Waals surface area contributed by atoms with E-state index in [1.807, 2.05) is 29.6 Å². The van der Waals surface area contributed by atoms with Crippen LogP contribution in [0.3, 0.4) is 0 Å². The highest BCUT2D eigenvalue weighted by atomic mass is 16.5. The topological polar surface area (TPSA) is 67.4 Å². The zero-order chi connectivity index (χ0) is 16.6. The van der Waals surface area contributed by atoms with E-state index in [0.717, 1.165) is 18.9 Å². The summed E-state index contributed by atoms with van der Waals surface area (Å²) < 4.78 is 7.17. The largest absolute Gasteiger partial charge is 0.361 e. The van der Waals surface area contributed by atoms with Crippen molar-refractivity contribution in [3.8, 4) is 0 Å². The van der Waals surface area contributed by atoms with Crippen LogP contribution in [0.25, 0.3) is 0 Å². The first-order valence-corrected chi connectivity index (χ1v) is 7.96. The highest BCUT2D eigenvalue weighted by molar-refractivity contribution is 5.96. The van der Waals surface area contributed by atoms with Gasteiger partial charge in [-0.15, -0.1) is 0 Å². The van der Waals surface area contributed by atoms with Crippen molar-refractivity contribution in [3.63, 3.8) is 0 Å². The van der Waals surface area contributed by atoms with Gasteiger partial charge in [-0.1, -0.05) is 12.1 Å². The number of hydrogen-bond acceptors (Lipinski definition) is 5. The molecule has 3 rings (SSSR count). The lowest BCUT2D eigenvalue weighted by Crippen LogP contribution is -2.51. The van der Waals surface area contributed by atoms with E-state index in [4.69, 9.17) is 4.52 Å². The van der Waals surface area contributed by atoms with Crippen LogP contribution in [0, 0.1) is 13.8 Å². The Morgan fingerprint density at radius 2 is 2.17 bits per heavy atom. The Hall–Kier alpha value is -2.15. The zero-order valence-corrected chi connectivity index (χ0v) is 14.1. The van der Waals surface area contributed by atoms with Gasteiger partial charge in [0.05, 0.1) is 11.7 Å². The number of carbonyl (C=O) groups excluding carboxylic acids is 1. The number of nitrogens with zero attached hydrogens (tertiary/aromatic N) is 5. The average Bonchev–Trinajstić information content (AvgIpc) is 3.11. The Morgan fingerprint density at radius 3 is 2.74 bits per heavy atom. The summed E-state index contributed by atoms with van der Waals surface area (Å²) in [6.07, 6.45) is 3.75. The van der Waals surface area contributed by atoms with Crippen molar-refractivity contribution in [2.75, 3.05) is 26.2 Å². The first-order valence-electron chi connectivity index (χ1n) is 7.96. The van der Waals surface area contributed by atoms with Gasteiger partial charge in [-0.25, -0.2) is 4.98 Å². The predicted molar refractivity (Wildman–Crippen MR) is 85.1 cm³/mol. The van der Waals surface area contributed by atoms with Gasteiger partial charge < -0.3 is 14.0 Å². The standard InChI is InChI=1S/C16H23N5O2/c1-5-20-8-9-21(10-13(20)15-17-6-7-19(15)4)16(22)14-11(2)18-23-12(14)3/h6-7,13H,5,8-10H2,1-4H3/t13-/m0/s1. The maximum absolute atomic E-state index is 12.9. The van der Waals surface area contributed by atoms with Gasteiger partial charge in [0.1, 0.15) is 17.1 Å². The normalized spacial score (nSPS) is 19.3. The fourth-order valence-corrected chi connectivity index (χ4v) is 3.27. The Labute approximate surface area is 135 Å². The molecule has 0 spiro atoms. The summed E-state index contributed by atoms with van der Waals surface area (Å²) in [5.74, 6) is 1.57. The number of imidazole rings is 1. The molecule has 1 fully saturated rings. The van der Waals surface area contributed by atoms with Gasteiger partial charge in [0, 0.05) is 39.1 Å². The molecule has 7 nitrogen and oxygen atoms in total. The molecule has 1 saturated heterocycles. The average molecular weight is 317 g/mol. The summed E-state index contributed by atoms with van der Waals surface area (Å²) in [6.45, 7) is 8.84. The Morgan fingerprint density at radius 1 is 1.39 bits per heavy atom. The van der Waals surface area contributed by atoms with Gasteiger partial charge in [0.15, 0.2) is 0 Å². The SMILES string of the molecule is CCN1CCN(C(=O)c2c(C)noc2C)C[C@H]1c1nccn1C. The lowest BCUT2D eigenvalue weighted by Gasteiger charge is -2.40. The van der Waals surface area contributed by atoms with Crippen LogP contribution in [-0.4, -0.2) is 56.6 Å². The van der Waals surface area contributed by atoms with Gasteiger partial charge in [-0.3, -0.25) is 9.69 Å². The molecule has 0 unspecified atom stereocenters. The highest BCUT2D eigenvalue weighted by Crippen LogP contribution is 2.26. The summed E-state index contributed by atoms with van der Waals surface area (Å²) in [7, 11) is 1.99. The molecular weight excluding hydrogens is 294 g/mol. The Balaban J connectivity index is 1.86. The fourth-order valence-electron chi connectivity index (χ4n) is 3.27. The van der Waals surface area contributed by atoms with Crippen LogP contribution >= 0.6 is 0 Å². The molecular formula is C16H23N5O2. The summed E-state index contributed by atoms with van der Waals surface area (Å²) in [5, 5.41) is 3.90. The van der Waals surface area contributed by atoms with E-state index in [2.05, 4.69) is 22.0 Å². The first-order chi connectivity index (χ1) is 11.0. The number of hydrogen-bond donors (Lipinski definition) is 0. The molecule has 1 atom stereocenters. The van der Waals surface area contributed by atoms with Crippen LogP contribution in [-0.2, 0) is 7.05 Å². The highest BCUT2D eigenvalue weighted by Gasteiger charge is 2.34. The molecule has 0 aliphatic carbocycles. The Kier molecular flexibility index (Phi) is 4.21. The maximum atomic E-state index is 12.9. The van der Waals surface area contributed by atoms with E-state index >= 15 is 0 Å². The maximum Gasteiger partial charge on any atom is 0.259 e. The van der Waals surface area contributed by atoms with Crippen molar-refractivity contribution in [1.29, 1.82) is 0 Å². The molecule has 2 aromatic rings. The van der Waals surface area contributed by atoms with E-state index in [-0.39, 0.29) is 11.9 Å². The van der Waals surface area contributed by atoms with Crippen LogP contribution in [0.2, 0.25) is 0 Å². The lowest BCUT2D eigenvalue weighted by molar-refractivity contribution is 0.0471. The number of carbonyl (C=O) groups is 1. The number of likely N-dealkylation sites (N-methyl/N-ethyl adjacent to an activating group) is 1. The quantitative estimate of drug-likeness (QED) is 0.859. The minimum absolute atomic E-state index is 0.00351.